The van der Waals surface area contributed by atoms with Crippen LogP contribution in [0.25, 0.3) is 11.2 Å². The number of likely N-dealkylation sites (tertiary alicyclic amines) is 2. The standard InChI is InChI=1S/C26H34N8O7/c1-3-28-24(38)21-19(36)20(37)25(41-21)34-13-29-18-22(27)30-16(31-23(18)34)6-4-5-14-7-9-33(10-8-14)26(39)40-15-11-17(35)32(2)12-15/h13-15,19-21,25,36-37H,3,5,7-12H2,1-2H3,(H,28,38)(H2,27,30,31)/t15?,19-,20+,21-,25+/m0/s1. The van der Waals surface area contributed by atoms with E-state index in [1.54, 1.807) is 23.8 Å². The van der Waals surface area contributed by atoms with E-state index in [4.69, 9.17) is 15.2 Å². The molecule has 0 bridgehead atoms. The van der Waals surface area contributed by atoms with Gasteiger partial charge in [-0.05, 0) is 31.6 Å². The molecular weight excluding hydrogens is 536 g/mol. The highest BCUT2D eigenvalue weighted by molar-refractivity contribution is 5.83. The number of hydrogen-bond donors (Lipinski definition) is 4. The second-order valence-electron chi connectivity index (χ2n) is 10.5. The molecule has 3 aliphatic rings. The Hall–Kier alpha value is -4.00. The summed E-state index contributed by atoms with van der Waals surface area (Å²) < 4.78 is 12.6. The van der Waals surface area contributed by atoms with Gasteiger partial charge in [-0.2, -0.15) is 0 Å². The van der Waals surface area contributed by atoms with Gasteiger partial charge in [0.1, 0.15) is 23.8 Å². The zero-order chi connectivity index (χ0) is 29.3. The summed E-state index contributed by atoms with van der Waals surface area (Å²) in [5, 5.41) is 23.5. The summed E-state index contributed by atoms with van der Waals surface area (Å²) in [5.41, 5.74) is 6.62. The number of nitrogens with one attached hydrogen (secondary N) is 1. The van der Waals surface area contributed by atoms with E-state index in [1.165, 1.54) is 10.9 Å². The van der Waals surface area contributed by atoms with E-state index >= 15 is 0 Å². The second-order valence-corrected chi connectivity index (χ2v) is 10.5. The molecular formula is C26H34N8O7. The van der Waals surface area contributed by atoms with E-state index in [9.17, 15) is 24.6 Å². The van der Waals surface area contributed by atoms with Crippen LogP contribution in [-0.2, 0) is 19.1 Å². The zero-order valence-electron chi connectivity index (χ0n) is 22.9. The molecule has 41 heavy (non-hydrogen) atoms. The highest BCUT2D eigenvalue weighted by atomic mass is 16.6. The number of hydrogen-bond acceptors (Lipinski definition) is 11. The van der Waals surface area contributed by atoms with Crippen LogP contribution in [0.2, 0.25) is 0 Å². The van der Waals surface area contributed by atoms with E-state index in [2.05, 4.69) is 32.1 Å². The molecule has 5 heterocycles. The third-order valence-electron chi connectivity index (χ3n) is 7.61. The quantitative estimate of drug-likeness (QED) is 0.321. The van der Waals surface area contributed by atoms with Crippen molar-refractivity contribution >= 4 is 34.9 Å². The van der Waals surface area contributed by atoms with Crippen molar-refractivity contribution in [3.8, 4) is 11.8 Å². The van der Waals surface area contributed by atoms with Crippen LogP contribution in [0.1, 0.15) is 44.7 Å². The number of amides is 3. The van der Waals surface area contributed by atoms with Gasteiger partial charge in [0.2, 0.25) is 11.7 Å². The largest absolute Gasteiger partial charge is 0.444 e. The first kappa shape index (κ1) is 28.5. The van der Waals surface area contributed by atoms with E-state index in [-0.39, 0.29) is 41.1 Å². The predicted molar refractivity (Wildman–Crippen MR) is 143 cm³/mol. The van der Waals surface area contributed by atoms with Gasteiger partial charge >= 0.3 is 6.09 Å². The molecule has 0 saturated carbocycles. The first-order chi connectivity index (χ1) is 19.7. The van der Waals surface area contributed by atoms with Crippen LogP contribution in [0.3, 0.4) is 0 Å². The molecule has 3 fully saturated rings. The lowest BCUT2D eigenvalue weighted by molar-refractivity contribution is -0.137. The Morgan fingerprint density at radius 2 is 2.00 bits per heavy atom. The van der Waals surface area contributed by atoms with Gasteiger partial charge in [-0.25, -0.2) is 19.7 Å². The van der Waals surface area contributed by atoms with Crippen molar-refractivity contribution in [3.63, 3.8) is 0 Å². The Bertz CT molecular complexity index is 1380. The molecule has 2 aromatic rings. The molecule has 1 unspecified atom stereocenters. The second kappa shape index (κ2) is 11.9. The summed E-state index contributed by atoms with van der Waals surface area (Å²) in [4.78, 5) is 52.5. The molecule has 0 spiro atoms. The number of rotatable bonds is 5. The fraction of sp³-hybridized carbons (Fsp3) is 0.615. The number of piperidine rings is 1. The van der Waals surface area contributed by atoms with E-state index < -0.39 is 42.6 Å². The van der Waals surface area contributed by atoms with Crippen molar-refractivity contribution in [2.24, 2.45) is 5.92 Å². The third-order valence-corrected chi connectivity index (χ3v) is 7.61. The monoisotopic (exact) mass is 570 g/mol. The van der Waals surface area contributed by atoms with Crippen LogP contribution in [0.4, 0.5) is 10.6 Å². The Kier molecular flexibility index (Phi) is 8.25. The fourth-order valence-corrected chi connectivity index (χ4v) is 5.27. The summed E-state index contributed by atoms with van der Waals surface area (Å²) in [7, 11) is 1.69. The number of fused-ring (bicyclic) bond motifs is 1. The van der Waals surface area contributed by atoms with Crippen molar-refractivity contribution in [2.75, 3.05) is 39.0 Å². The number of imidazole rings is 1. The lowest BCUT2D eigenvalue weighted by atomic mass is 9.94. The molecule has 0 radical (unpaired) electrons. The van der Waals surface area contributed by atoms with Gasteiger partial charge in [0, 0.05) is 33.1 Å². The SMILES string of the molecule is CCNC(=O)[C@H]1O[C@@H](n2cnc3c(N)nc(C#CCC4CCN(C(=O)OC5CC(=O)N(C)C5)CC4)nc32)[C@H](O)[C@@H]1O. The average molecular weight is 571 g/mol. The minimum Gasteiger partial charge on any atom is -0.444 e. The molecule has 220 valence electrons. The molecule has 5 atom stereocenters. The molecule has 15 heteroatoms. The number of anilines is 1. The third kappa shape index (κ3) is 5.90. The lowest BCUT2D eigenvalue weighted by Gasteiger charge is -2.31. The molecule has 0 aromatic carbocycles. The number of carbonyl (C=O) groups excluding carboxylic acids is 3. The van der Waals surface area contributed by atoms with Crippen molar-refractivity contribution in [2.45, 2.75) is 63.3 Å². The Balaban J connectivity index is 1.20. The number of likely N-dealkylation sites (N-methyl/N-ethyl adjacent to an activating group) is 2. The van der Waals surface area contributed by atoms with Crippen LogP contribution in [0.5, 0.6) is 0 Å². The number of aliphatic hydroxyl groups excluding tert-OH is 2. The highest BCUT2D eigenvalue weighted by Gasteiger charge is 2.47. The van der Waals surface area contributed by atoms with Crippen molar-refractivity contribution in [1.29, 1.82) is 0 Å². The zero-order valence-corrected chi connectivity index (χ0v) is 22.9. The van der Waals surface area contributed by atoms with E-state index in [0.29, 0.717) is 32.6 Å². The number of aromatic nitrogens is 4. The molecule has 15 nitrogen and oxygen atoms in total. The average Bonchev–Trinajstić information content (AvgIpc) is 3.60. The minimum absolute atomic E-state index is 0.0252. The molecule has 3 saturated heterocycles. The van der Waals surface area contributed by atoms with Crippen molar-refractivity contribution in [3.05, 3.63) is 12.2 Å². The Morgan fingerprint density at radius 3 is 2.68 bits per heavy atom. The lowest BCUT2D eigenvalue weighted by Crippen LogP contribution is -2.42. The maximum absolute atomic E-state index is 12.5. The van der Waals surface area contributed by atoms with Gasteiger partial charge in [0.05, 0.1) is 19.3 Å². The summed E-state index contributed by atoms with van der Waals surface area (Å²) >= 11 is 0. The van der Waals surface area contributed by atoms with Crippen LogP contribution in [0.15, 0.2) is 6.33 Å². The van der Waals surface area contributed by atoms with Gasteiger partial charge in [0.25, 0.3) is 5.91 Å². The maximum Gasteiger partial charge on any atom is 0.410 e. The Labute approximate surface area is 236 Å². The highest BCUT2D eigenvalue weighted by Crippen LogP contribution is 2.32. The number of ether oxygens (including phenoxy) is 2. The van der Waals surface area contributed by atoms with Gasteiger partial charge in [-0.3, -0.25) is 14.2 Å². The fourth-order valence-electron chi connectivity index (χ4n) is 5.27. The van der Waals surface area contributed by atoms with Crippen LogP contribution >= 0.6 is 0 Å². The van der Waals surface area contributed by atoms with Gasteiger partial charge in [0.15, 0.2) is 23.8 Å². The van der Waals surface area contributed by atoms with E-state index in [1.807, 2.05) is 0 Å². The number of nitrogen functional groups attached to an aromatic ring is 1. The summed E-state index contributed by atoms with van der Waals surface area (Å²) in [6.45, 7) is 3.59. The molecule has 3 amide bonds. The number of nitrogens with two attached hydrogens (primary N) is 1. The van der Waals surface area contributed by atoms with E-state index in [0.717, 1.165) is 12.8 Å². The van der Waals surface area contributed by atoms with Gasteiger partial charge in [-0.1, -0.05) is 5.92 Å². The molecule has 5 rings (SSSR count). The van der Waals surface area contributed by atoms with Crippen LogP contribution < -0.4 is 11.1 Å². The van der Waals surface area contributed by atoms with Gasteiger partial charge < -0.3 is 40.5 Å². The maximum atomic E-state index is 12.5. The van der Waals surface area contributed by atoms with Gasteiger partial charge in [-0.15, -0.1) is 0 Å². The first-order valence-corrected chi connectivity index (χ1v) is 13.6. The molecule has 3 aliphatic heterocycles. The predicted octanol–water partition coefficient (Wildman–Crippen LogP) is -1.02. The number of nitrogens with zero attached hydrogens (tertiary/aromatic N) is 6. The summed E-state index contributed by atoms with van der Waals surface area (Å²) in [5.74, 6) is 5.99. The number of aliphatic hydroxyl groups is 2. The van der Waals surface area contributed by atoms with Crippen molar-refractivity contribution < 1.29 is 34.1 Å². The molecule has 5 N–H and O–H groups in total. The summed E-state index contributed by atoms with van der Waals surface area (Å²) in [6.07, 6.45) is -2.36. The first-order valence-electron chi connectivity index (χ1n) is 13.6. The minimum atomic E-state index is -1.44. The van der Waals surface area contributed by atoms with Crippen LogP contribution in [0, 0.1) is 17.8 Å². The summed E-state index contributed by atoms with van der Waals surface area (Å²) in [6, 6.07) is 0. The number of carbonyl (C=O) groups is 3. The smallest absolute Gasteiger partial charge is 0.410 e. The molecule has 2 aromatic heterocycles. The van der Waals surface area contributed by atoms with Crippen molar-refractivity contribution in [1.82, 2.24) is 34.6 Å². The normalized spacial score (nSPS) is 26.7. The van der Waals surface area contributed by atoms with Crippen LogP contribution in [-0.4, -0.2) is 115 Å². The molecule has 0 aliphatic carbocycles. The Morgan fingerprint density at radius 1 is 1.24 bits per heavy atom. The topological polar surface area (TPSA) is 198 Å².